The summed E-state index contributed by atoms with van der Waals surface area (Å²) in [5.74, 6) is -0.0937. The summed E-state index contributed by atoms with van der Waals surface area (Å²) >= 11 is 3.41. The van der Waals surface area contributed by atoms with Crippen LogP contribution in [0.25, 0.3) is 0 Å². The number of rotatable bonds is 3. The van der Waals surface area contributed by atoms with Gasteiger partial charge in [0.25, 0.3) is 5.91 Å². The van der Waals surface area contributed by atoms with Crippen LogP contribution < -0.4 is 5.32 Å². The fourth-order valence-corrected chi connectivity index (χ4v) is 2.31. The van der Waals surface area contributed by atoms with Gasteiger partial charge in [-0.3, -0.25) is 4.79 Å². The molecule has 2 rings (SSSR count). The predicted octanol–water partition coefficient (Wildman–Crippen LogP) is 4.57. The molecule has 0 saturated carbocycles. The van der Waals surface area contributed by atoms with E-state index in [0.717, 1.165) is 22.1 Å². The zero-order valence-electron chi connectivity index (χ0n) is 11.0. The lowest BCUT2D eigenvalue weighted by Crippen LogP contribution is -2.12. The molecule has 98 valence electrons. The van der Waals surface area contributed by atoms with Crippen molar-refractivity contribution in [1.82, 2.24) is 0 Å². The molecule has 2 aromatic carbocycles. The SMILES string of the molecule is CCc1cccc(NC(=O)c2cc(C)ccc2Br)c1. The first-order valence-electron chi connectivity index (χ1n) is 6.26. The Kier molecular flexibility index (Phi) is 4.38. The van der Waals surface area contributed by atoms with Crippen molar-refractivity contribution < 1.29 is 4.79 Å². The molecule has 19 heavy (non-hydrogen) atoms. The molecule has 2 nitrogen and oxygen atoms in total. The van der Waals surface area contributed by atoms with E-state index in [-0.39, 0.29) is 5.91 Å². The molecule has 0 bridgehead atoms. The number of benzene rings is 2. The Labute approximate surface area is 122 Å². The molecule has 0 fully saturated rings. The average molecular weight is 318 g/mol. The van der Waals surface area contributed by atoms with E-state index in [1.807, 2.05) is 43.3 Å². The summed E-state index contributed by atoms with van der Waals surface area (Å²) in [4.78, 5) is 12.2. The number of amides is 1. The highest BCUT2D eigenvalue weighted by molar-refractivity contribution is 9.10. The second-order valence-corrected chi connectivity index (χ2v) is 5.35. The smallest absolute Gasteiger partial charge is 0.256 e. The van der Waals surface area contributed by atoms with E-state index in [0.29, 0.717) is 5.56 Å². The fraction of sp³-hybridized carbons (Fsp3) is 0.188. The Bertz CT molecular complexity index is 607. The zero-order valence-corrected chi connectivity index (χ0v) is 12.6. The standard InChI is InChI=1S/C16H16BrNO/c1-3-12-5-4-6-13(10-12)18-16(19)14-9-11(2)7-8-15(14)17/h4-10H,3H2,1-2H3,(H,18,19). The third-order valence-electron chi connectivity index (χ3n) is 2.96. The second-order valence-electron chi connectivity index (χ2n) is 4.49. The highest BCUT2D eigenvalue weighted by Crippen LogP contribution is 2.20. The number of halogens is 1. The van der Waals surface area contributed by atoms with E-state index in [1.165, 1.54) is 5.56 Å². The molecule has 0 radical (unpaired) electrons. The van der Waals surface area contributed by atoms with E-state index in [1.54, 1.807) is 0 Å². The van der Waals surface area contributed by atoms with Crippen molar-refractivity contribution in [3.8, 4) is 0 Å². The third-order valence-corrected chi connectivity index (χ3v) is 3.65. The fourth-order valence-electron chi connectivity index (χ4n) is 1.88. The normalized spacial score (nSPS) is 10.3. The van der Waals surface area contributed by atoms with Gasteiger partial charge < -0.3 is 5.32 Å². The van der Waals surface area contributed by atoms with Gasteiger partial charge in [-0.25, -0.2) is 0 Å². The van der Waals surface area contributed by atoms with Gasteiger partial charge in [0.1, 0.15) is 0 Å². The molecule has 2 aromatic rings. The maximum atomic E-state index is 12.2. The number of aryl methyl sites for hydroxylation is 2. The topological polar surface area (TPSA) is 29.1 Å². The molecule has 0 saturated heterocycles. The van der Waals surface area contributed by atoms with Gasteiger partial charge in [0.05, 0.1) is 5.56 Å². The summed E-state index contributed by atoms with van der Waals surface area (Å²) in [6.45, 7) is 4.07. The first-order chi connectivity index (χ1) is 9.10. The van der Waals surface area contributed by atoms with Crippen molar-refractivity contribution in [3.63, 3.8) is 0 Å². The maximum Gasteiger partial charge on any atom is 0.256 e. The predicted molar refractivity (Wildman–Crippen MR) is 82.7 cm³/mol. The van der Waals surface area contributed by atoms with Gasteiger partial charge in [-0.1, -0.05) is 30.7 Å². The van der Waals surface area contributed by atoms with Gasteiger partial charge in [0.2, 0.25) is 0 Å². The molecule has 0 atom stereocenters. The summed E-state index contributed by atoms with van der Waals surface area (Å²) < 4.78 is 0.808. The molecule has 1 N–H and O–H groups in total. The zero-order chi connectivity index (χ0) is 13.8. The van der Waals surface area contributed by atoms with Crippen molar-refractivity contribution in [2.75, 3.05) is 5.32 Å². The Hall–Kier alpha value is -1.61. The number of carbonyl (C=O) groups is 1. The number of carbonyl (C=O) groups excluding carboxylic acids is 1. The monoisotopic (exact) mass is 317 g/mol. The maximum absolute atomic E-state index is 12.2. The van der Waals surface area contributed by atoms with Crippen molar-refractivity contribution in [1.29, 1.82) is 0 Å². The van der Waals surface area contributed by atoms with Gasteiger partial charge in [-0.05, 0) is 59.1 Å². The molecule has 0 aromatic heterocycles. The van der Waals surface area contributed by atoms with Crippen molar-refractivity contribution in [2.45, 2.75) is 20.3 Å². The summed E-state index contributed by atoms with van der Waals surface area (Å²) in [5.41, 5.74) is 3.76. The highest BCUT2D eigenvalue weighted by Gasteiger charge is 2.10. The molecular formula is C16H16BrNO. The van der Waals surface area contributed by atoms with E-state index >= 15 is 0 Å². The van der Waals surface area contributed by atoms with Gasteiger partial charge in [0.15, 0.2) is 0 Å². The van der Waals surface area contributed by atoms with Gasteiger partial charge >= 0.3 is 0 Å². The number of hydrogen-bond acceptors (Lipinski definition) is 1. The Morgan fingerprint density at radius 1 is 1.21 bits per heavy atom. The van der Waals surface area contributed by atoms with Crippen LogP contribution in [-0.4, -0.2) is 5.91 Å². The van der Waals surface area contributed by atoms with Crippen LogP contribution in [0.5, 0.6) is 0 Å². The van der Waals surface area contributed by atoms with E-state index in [2.05, 4.69) is 34.2 Å². The number of anilines is 1. The van der Waals surface area contributed by atoms with Crippen molar-refractivity contribution in [3.05, 3.63) is 63.6 Å². The van der Waals surface area contributed by atoms with E-state index in [4.69, 9.17) is 0 Å². The van der Waals surface area contributed by atoms with Crippen LogP contribution >= 0.6 is 15.9 Å². The molecule has 0 aliphatic carbocycles. The summed E-state index contributed by atoms with van der Waals surface area (Å²) in [6, 6.07) is 13.7. The van der Waals surface area contributed by atoms with Crippen molar-refractivity contribution >= 4 is 27.5 Å². The van der Waals surface area contributed by atoms with Crippen LogP contribution in [0, 0.1) is 6.92 Å². The van der Waals surface area contributed by atoms with Gasteiger partial charge in [-0.15, -0.1) is 0 Å². The summed E-state index contributed by atoms with van der Waals surface area (Å²) in [7, 11) is 0. The average Bonchev–Trinajstić information content (AvgIpc) is 2.41. The highest BCUT2D eigenvalue weighted by atomic mass is 79.9. The lowest BCUT2D eigenvalue weighted by atomic mass is 10.1. The summed E-state index contributed by atoms with van der Waals surface area (Å²) in [6.07, 6.45) is 0.956. The molecule has 0 aliphatic rings. The Morgan fingerprint density at radius 2 is 2.00 bits per heavy atom. The van der Waals surface area contributed by atoms with Crippen LogP contribution in [0.2, 0.25) is 0 Å². The molecule has 0 unspecified atom stereocenters. The van der Waals surface area contributed by atoms with Gasteiger partial charge in [-0.2, -0.15) is 0 Å². The molecular weight excluding hydrogens is 302 g/mol. The molecule has 3 heteroatoms. The van der Waals surface area contributed by atoms with Crippen LogP contribution in [0.3, 0.4) is 0 Å². The number of hydrogen-bond donors (Lipinski definition) is 1. The van der Waals surface area contributed by atoms with Gasteiger partial charge in [0, 0.05) is 10.2 Å². The minimum Gasteiger partial charge on any atom is -0.322 e. The first kappa shape index (κ1) is 13.8. The van der Waals surface area contributed by atoms with E-state index in [9.17, 15) is 4.79 Å². The van der Waals surface area contributed by atoms with E-state index < -0.39 is 0 Å². The quantitative estimate of drug-likeness (QED) is 0.882. The first-order valence-corrected chi connectivity index (χ1v) is 7.06. The van der Waals surface area contributed by atoms with Crippen LogP contribution in [0.1, 0.15) is 28.4 Å². The molecule has 0 heterocycles. The Balaban J connectivity index is 2.23. The van der Waals surface area contributed by atoms with Crippen LogP contribution in [0.4, 0.5) is 5.69 Å². The second kappa shape index (κ2) is 6.02. The van der Waals surface area contributed by atoms with Crippen molar-refractivity contribution in [2.24, 2.45) is 0 Å². The Morgan fingerprint density at radius 3 is 2.74 bits per heavy atom. The lowest BCUT2D eigenvalue weighted by Gasteiger charge is -2.09. The minimum atomic E-state index is -0.0937. The minimum absolute atomic E-state index is 0.0937. The molecule has 0 aliphatic heterocycles. The molecule has 1 amide bonds. The van der Waals surface area contributed by atoms with Crippen LogP contribution in [0.15, 0.2) is 46.9 Å². The number of nitrogens with one attached hydrogen (secondary N) is 1. The third kappa shape index (κ3) is 3.44. The molecule has 0 spiro atoms. The largest absolute Gasteiger partial charge is 0.322 e. The van der Waals surface area contributed by atoms with Crippen LogP contribution in [-0.2, 0) is 6.42 Å². The summed E-state index contributed by atoms with van der Waals surface area (Å²) in [5, 5.41) is 2.93. The lowest BCUT2D eigenvalue weighted by molar-refractivity contribution is 0.102.